The van der Waals surface area contributed by atoms with Crippen LogP contribution in [0, 0.1) is 0 Å². The quantitative estimate of drug-likeness (QED) is 0.465. The normalized spacial score (nSPS) is 11.0. The Morgan fingerprint density at radius 1 is 0.864 bits per heavy atom. The minimum Gasteiger partial charge on any atom is -0.435 e. The van der Waals surface area contributed by atoms with Crippen molar-refractivity contribution in [2.75, 3.05) is 6.79 Å². The highest BCUT2D eigenvalue weighted by Gasteiger charge is 2.30. The molecule has 2 rings (SSSR count). The topological polar surface area (TPSA) is 52.6 Å². The Kier molecular flexibility index (Phi) is 5.07. The van der Waals surface area contributed by atoms with Gasteiger partial charge in [0.15, 0.2) is 12.6 Å². The lowest BCUT2D eigenvalue weighted by atomic mass is 9.97. The fraction of sp³-hybridized carbons (Fsp3) is 0.222. The van der Waals surface area contributed by atoms with Gasteiger partial charge in [-0.05, 0) is 26.0 Å². The summed E-state index contributed by atoms with van der Waals surface area (Å²) >= 11 is 0. The Labute approximate surface area is 129 Å². The van der Waals surface area contributed by atoms with Crippen LogP contribution >= 0.6 is 0 Å². The summed E-state index contributed by atoms with van der Waals surface area (Å²) in [5.41, 5.74) is -0.0709. The number of ether oxygens (including phenoxy) is 2. The van der Waals surface area contributed by atoms with E-state index in [2.05, 4.69) is 0 Å². The predicted octanol–water partition coefficient (Wildman–Crippen LogP) is 3.48. The standard InChI is InChI=1S/C18H18O4/c1-18(2,16(19)14-9-5-3-6-10-14)22-13-21-17(20)15-11-7-4-8-12-15/h3-12H,13H2,1-2H3. The number of carbonyl (C=O) groups excluding carboxylic acids is 2. The summed E-state index contributed by atoms with van der Waals surface area (Å²) in [6.45, 7) is 3.02. The first-order chi connectivity index (χ1) is 10.5. The van der Waals surface area contributed by atoms with Crippen LogP contribution in [-0.4, -0.2) is 24.1 Å². The van der Waals surface area contributed by atoms with Gasteiger partial charge < -0.3 is 9.47 Å². The highest BCUT2D eigenvalue weighted by atomic mass is 16.7. The van der Waals surface area contributed by atoms with Gasteiger partial charge in [-0.3, -0.25) is 4.79 Å². The van der Waals surface area contributed by atoms with Gasteiger partial charge in [0.2, 0.25) is 0 Å². The van der Waals surface area contributed by atoms with Gasteiger partial charge >= 0.3 is 5.97 Å². The Hall–Kier alpha value is -2.46. The van der Waals surface area contributed by atoms with Crippen molar-refractivity contribution in [3.05, 3.63) is 71.8 Å². The molecule has 0 aliphatic heterocycles. The fourth-order valence-corrected chi connectivity index (χ4v) is 1.89. The van der Waals surface area contributed by atoms with Crippen LogP contribution in [0.15, 0.2) is 60.7 Å². The number of benzene rings is 2. The van der Waals surface area contributed by atoms with Gasteiger partial charge in [-0.25, -0.2) is 4.79 Å². The molecular weight excluding hydrogens is 280 g/mol. The van der Waals surface area contributed by atoms with Gasteiger partial charge in [0.1, 0.15) is 5.60 Å². The smallest absolute Gasteiger partial charge is 0.340 e. The molecule has 22 heavy (non-hydrogen) atoms. The van der Waals surface area contributed by atoms with Crippen LogP contribution in [0.4, 0.5) is 0 Å². The zero-order valence-corrected chi connectivity index (χ0v) is 12.6. The first-order valence-corrected chi connectivity index (χ1v) is 6.97. The molecule has 0 aliphatic rings. The van der Waals surface area contributed by atoms with Gasteiger partial charge in [-0.15, -0.1) is 0 Å². The van der Waals surface area contributed by atoms with E-state index in [1.165, 1.54) is 0 Å². The molecule has 0 amide bonds. The van der Waals surface area contributed by atoms with Gasteiger partial charge in [0.25, 0.3) is 0 Å². The summed E-state index contributed by atoms with van der Waals surface area (Å²) in [5, 5.41) is 0. The van der Waals surface area contributed by atoms with E-state index in [0.717, 1.165) is 0 Å². The predicted molar refractivity (Wildman–Crippen MR) is 82.7 cm³/mol. The summed E-state index contributed by atoms with van der Waals surface area (Å²) < 4.78 is 10.5. The summed E-state index contributed by atoms with van der Waals surface area (Å²) in [7, 11) is 0. The number of hydrogen-bond donors (Lipinski definition) is 0. The molecule has 4 heteroatoms. The lowest BCUT2D eigenvalue weighted by Crippen LogP contribution is -2.36. The summed E-state index contributed by atoms with van der Waals surface area (Å²) in [5.74, 6) is -0.646. The van der Waals surface area contributed by atoms with Crippen LogP contribution in [0.25, 0.3) is 0 Å². The average molecular weight is 298 g/mol. The number of Topliss-reactive ketones (excluding diaryl/α,β-unsaturated/α-hetero) is 1. The second kappa shape index (κ2) is 7.00. The SMILES string of the molecule is CC(C)(OCOC(=O)c1ccccc1)C(=O)c1ccccc1. The van der Waals surface area contributed by atoms with E-state index in [-0.39, 0.29) is 12.6 Å². The van der Waals surface area contributed by atoms with Gasteiger partial charge in [-0.2, -0.15) is 0 Å². The second-order valence-electron chi connectivity index (χ2n) is 5.27. The molecule has 0 fully saturated rings. The van der Waals surface area contributed by atoms with Crippen molar-refractivity contribution in [1.29, 1.82) is 0 Å². The zero-order chi connectivity index (χ0) is 16.0. The molecule has 0 aliphatic carbocycles. The third kappa shape index (κ3) is 4.02. The van der Waals surface area contributed by atoms with Crippen LogP contribution in [0.2, 0.25) is 0 Å². The Morgan fingerprint density at radius 3 is 1.91 bits per heavy atom. The Balaban J connectivity index is 1.90. The highest BCUT2D eigenvalue weighted by molar-refractivity contribution is 6.01. The molecule has 0 N–H and O–H groups in total. The maximum absolute atomic E-state index is 12.3. The first-order valence-electron chi connectivity index (χ1n) is 6.97. The third-order valence-electron chi connectivity index (χ3n) is 3.20. The van der Waals surface area contributed by atoms with Crippen LogP contribution in [-0.2, 0) is 9.47 Å². The largest absolute Gasteiger partial charge is 0.435 e. The number of rotatable bonds is 6. The van der Waals surface area contributed by atoms with E-state index < -0.39 is 11.6 Å². The lowest BCUT2D eigenvalue weighted by molar-refractivity contribution is -0.0877. The van der Waals surface area contributed by atoms with Crippen molar-refractivity contribution in [3.63, 3.8) is 0 Å². The molecule has 0 radical (unpaired) electrons. The van der Waals surface area contributed by atoms with Crippen molar-refractivity contribution < 1.29 is 19.1 Å². The zero-order valence-electron chi connectivity index (χ0n) is 12.6. The van der Waals surface area contributed by atoms with Gasteiger partial charge in [-0.1, -0.05) is 48.5 Å². The van der Waals surface area contributed by atoms with Crippen molar-refractivity contribution in [2.24, 2.45) is 0 Å². The molecule has 0 bridgehead atoms. The molecule has 2 aromatic carbocycles. The van der Waals surface area contributed by atoms with E-state index >= 15 is 0 Å². The monoisotopic (exact) mass is 298 g/mol. The summed E-state index contributed by atoms with van der Waals surface area (Å²) in [6.07, 6.45) is 0. The molecule has 0 aromatic heterocycles. The van der Waals surface area contributed by atoms with Crippen LogP contribution in [0.5, 0.6) is 0 Å². The summed E-state index contributed by atoms with van der Waals surface area (Å²) in [4.78, 5) is 24.1. The molecule has 0 heterocycles. The number of carbonyl (C=O) groups is 2. The molecule has 4 nitrogen and oxygen atoms in total. The van der Waals surface area contributed by atoms with Crippen molar-refractivity contribution in [3.8, 4) is 0 Å². The van der Waals surface area contributed by atoms with Crippen LogP contribution < -0.4 is 0 Å². The molecule has 2 aromatic rings. The third-order valence-corrected chi connectivity index (χ3v) is 3.20. The number of hydrogen-bond acceptors (Lipinski definition) is 4. The maximum Gasteiger partial charge on any atom is 0.340 e. The molecule has 0 atom stereocenters. The fourth-order valence-electron chi connectivity index (χ4n) is 1.89. The van der Waals surface area contributed by atoms with Crippen LogP contribution in [0.3, 0.4) is 0 Å². The Bertz CT molecular complexity index is 633. The summed E-state index contributed by atoms with van der Waals surface area (Å²) in [6, 6.07) is 17.5. The van der Waals surface area contributed by atoms with Gasteiger partial charge in [0, 0.05) is 5.56 Å². The van der Waals surface area contributed by atoms with Crippen molar-refractivity contribution in [2.45, 2.75) is 19.4 Å². The van der Waals surface area contributed by atoms with E-state index in [1.807, 2.05) is 12.1 Å². The first kappa shape index (κ1) is 15.9. The molecule has 0 saturated heterocycles. The van der Waals surface area contributed by atoms with Crippen LogP contribution in [0.1, 0.15) is 34.6 Å². The maximum atomic E-state index is 12.3. The number of esters is 1. The molecule has 0 unspecified atom stereocenters. The minimum absolute atomic E-state index is 0.163. The molecular formula is C18H18O4. The van der Waals surface area contributed by atoms with E-state index in [0.29, 0.717) is 11.1 Å². The van der Waals surface area contributed by atoms with E-state index in [4.69, 9.17) is 9.47 Å². The highest BCUT2D eigenvalue weighted by Crippen LogP contribution is 2.17. The van der Waals surface area contributed by atoms with Gasteiger partial charge in [0.05, 0.1) is 5.56 Å². The molecule has 114 valence electrons. The second-order valence-corrected chi connectivity index (χ2v) is 5.27. The average Bonchev–Trinajstić information content (AvgIpc) is 2.55. The number of ketones is 1. The van der Waals surface area contributed by atoms with Crippen molar-refractivity contribution >= 4 is 11.8 Å². The minimum atomic E-state index is -1.07. The van der Waals surface area contributed by atoms with E-state index in [9.17, 15) is 9.59 Å². The molecule has 0 saturated carbocycles. The Morgan fingerprint density at radius 2 is 1.36 bits per heavy atom. The molecule has 0 spiro atoms. The van der Waals surface area contributed by atoms with Crippen molar-refractivity contribution in [1.82, 2.24) is 0 Å². The lowest BCUT2D eigenvalue weighted by Gasteiger charge is -2.23. The van der Waals surface area contributed by atoms with E-state index in [1.54, 1.807) is 62.4 Å².